The molecule has 3 amide bonds. The first-order valence-electron chi connectivity index (χ1n) is 9.95. The predicted molar refractivity (Wildman–Crippen MR) is 111 cm³/mol. The van der Waals surface area contributed by atoms with Crippen LogP contribution in [0, 0.1) is 0 Å². The van der Waals surface area contributed by atoms with Crippen LogP contribution in [-0.2, 0) is 11.8 Å². The third-order valence-electron chi connectivity index (χ3n) is 6.24. The van der Waals surface area contributed by atoms with Gasteiger partial charge in [0, 0.05) is 38.4 Å². The summed E-state index contributed by atoms with van der Waals surface area (Å²) in [4.78, 5) is 28.3. The first-order valence-corrected chi connectivity index (χ1v) is 9.95. The van der Waals surface area contributed by atoms with Gasteiger partial charge in [-0.3, -0.25) is 4.79 Å². The van der Waals surface area contributed by atoms with Gasteiger partial charge >= 0.3 is 6.03 Å². The zero-order valence-electron chi connectivity index (χ0n) is 16.6. The number of hydrogen-bond donors (Lipinski definition) is 1. The van der Waals surface area contributed by atoms with Crippen molar-refractivity contribution in [1.82, 2.24) is 9.80 Å². The van der Waals surface area contributed by atoms with Gasteiger partial charge in [-0.1, -0.05) is 30.3 Å². The highest BCUT2D eigenvalue weighted by Gasteiger charge is 2.41. The Labute approximate surface area is 166 Å². The third kappa shape index (κ3) is 3.37. The van der Waals surface area contributed by atoms with E-state index in [4.69, 9.17) is 0 Å². The Balaban J connectivity index is 1.40. The lowest BCUT2D eigenvalue weighted by molar-refractivity contribution is 0.0827. The van der Waals surface area contributed by atoms with Crippen LogP contribution in [-0.4, -0.2) is 48.9 Å². The monoisotopic (exact) mass is 377 g/mol. The average Bonchev–Trinajstić information content (AvgIpc) is 3.06. The summed E-state index contributed by atoms with van der Waals surface area (Å²) in [6, 6.07) is 15.8. The van der Waals surface area contributed by atoms with E-state index in [1.807, 2.05) is 11.0 Å². The number of hydrogen-bond acceptors (Lipinski definition) is 2. The minimum Gasteiger partial charge on any atom is -0.345 e. The summed E-state index contributed by atoms with van der Waals surface area (Å²) in [5.41, 5.74) is 4.44. The van der Waals surface area contributed by atoms with Crippen molar-refractivity contribution in [2.24, 2.45) is 0 Å². The number of likely N-dealkylation sites (tertiary alicyclic amines) is 1. The Morgan fingerprint density at radius 2 is 1.75 bits per heavy atom. The topological polar surface area (TPSA) is 52.7 Å². The van der Waals surface area contributed by atoms with E-state index in [2.05, 4.69) is 29.6 Å². The Morgan fingerprint density at radius 3 is 2.50 bits per heavy atom. The molecule has 5 nitrogen and oxygen atoms in total. The molecule has 1 heterocycles. The van der Waals surface area contributed by atoms with Crippen molar-refractivity contribution in [3.63, 3.8) is 0 Å². The van der Waals surface area contributed by atoms with Crippen LogP contribution in [0.15, 0.2) is 48.5 Å². The van der Waals surface area contributed by atoms with E-state index in [-0.39, 0.29) is 17.4 Å². The molecule has 2 aromatic rings. The lowest BCUT2D eigenvalue weighted by atomic mass is 9.74. The quantitative estimate of drug-likeness (QED) is 0.863. The maximum atomic E-state index is 12.8. The van der Waals surface area contributed by atoms with Crippen LogP contribution >= 0.6 is 0 Å². The Hall–Kier alpha value is -2.82. The van der Waals surface area contributed by atoms with Gasteiger partial charge in [-0.15, -0.1) is 0 Å². The smallest absolute Gasteiger partial charge is 0.321 e. The van der Waals surface area contributed by atoms with Crippen molar-refractivity contribution in [3.8, 4) is 0 Å². The lowest BCUT2D eigenvalue weighted by Crippen LogP contribution is -2.46. The van der Waals surface area contributed by atoms with Crippen molar-refractivity contribution >= 4 is 17.6 Å². The molecule has 0 unspecified atom stereocenters. The van der Waals surface area contributed by atoms with Gasteiger partial charge in [0.25, 0.3) is 5.91 Å². The van der Waals surface area contributed by atoms with Crippen LogP contribution < -0.4 is 5.32 Å². The Bertz CT molecular complexity index is 898. The summed E-state index contributed by atoms with van der Waals surface area (Å²) in [5.74, 6) is -0.0732. The fourth-order valence-corrected chi connectivity index (χ4v) is 4.61. The largest absolute Gasteiger partial charge is 0.345 e. The van der Waals surface area contributed by atoms with Crippen LogP contribution in [0.2, 0.25) is 0 Å². The zero-order chi connectivity index (χ0) is 19.7. The van der Waals surface area contributed by atoms with Crippen LogP contribution in [0.3, 0.4) is 0 Å². The summed E-state index contributed by atoms with van der Waals surface area (Å²) >= 11 is 0. The first kappa shape index (κ1) is 18.5. The predicted octanol–water partition coefficient (Wildman–Crippen LogP) is 3.90. The van der Waals surface area contributed by atoms with Gasteiger partial charge in [-0.2, -0.15) is 0 Å². The van der Waals surface area contributed by atoms with Gasteiger partial charge in [0.15, 0.2) is 0 Å². The van der Waals surface area contributed by atoms with Crippen LogP contribution in [0.4, 0.5) is 10.5 Å². The number of fused-ring (bicyclic) bond motifs is 2. The summed E-state index contributed by atoms with van der Waals surface area (Å²) in [7, 11) is 3.44. The molecule has 0 aromatic heterocycles. The molecule has 0 bridgehead atoms. The second-order valence-corrected chi connectivity index (χ2v) is 8.14. The zero-order valence-corrected chi connectivity index (χ0v) is 16.6. The minimum atomic E-state index is -0.0874. The molecule has 1 spiro atoms. The number of amides is 3. The molecular weight excluding hydrogens is 350 g/mol. The molecule has 1 saturated heterocycles. The van der Waals surface area contributed by atoms with Crippen molar-refractivity contribution in [1.29, 1.82) is 0 Å². The summed E-state index contributed by atoms with van der Waals surface area (Å²) in [6.45, 7) is 1.52. The van der Waals surface area contributed by atoms with Crippen molar-refractivity contribution < 1.29 is 9.59 Å². The number of anilines is 1. The minimum absolute atomic E-state index is 0.0732. The van der Waals surface area contributed by atoms with Gasteiger partial charge in [0.2, 0.25) is 0 Å². The number of benzene rings is 2. The fourth-order valence-electron chi connectivity index (χ4n) is 4.61. The molecule has 0 saturated carbocycles. The molecule has 1 N–H and O–H groups in total. The molecule has 28 heavy (non-hydrogen) atoms. The molecule has 2 aromatic carbocycles. The van der Waals surface area contributed by atoms with Crippen molar-refractivity contribution in [2.75, 3.05) is 32.5 Å². The SMILES string of the molecule is CN(C)C(=O)c1cccc(NC(=O)N2CCC3(CCc4ccccc43)CC2)c1. The normalized spacial score (nSPS) is 17.3. The van der Waals surface area contributed by atoms with Gasteiger partial charge < -0.3 is 15.1 Å². The molecule has 1 aliphatic heterocycles. The highest BCUT2D eigenvalue weighted by molar-refractivity contribution is 5.96. The van der Waals surface area contributed by atoms with E-state index >= 15 is 0 Å². The summed E-state index contributed by atoms with van der Waals surface area (Å²) < 4.78 is 0. The summed E-state index contributed by atoms with van der Waals surface area (Å²) in [5, 5.41) is 2.96. The van der Waals surface area contributed by atoms with E-state index in [1.165, 1.54) is 22.4 Å². The number of aryl methyl sites for hydroxylation is 1. The maximum Gasteiger partial charge on any atom is 0.321 e. The van der Waals surface area contributed by atoms with E-state index in [1.54, 1.807) is 32.3 Å². The summed E-state index contributed by atoms with van der Waals surface area (Å²) in [6.07, 6.45) is 4.36. The Morgan fingerprint density at radius 1 is 1.00 bits per heavy atom. The molecule has 5 heteroatoms. The third-order valence-corrected chi connectivity index (χ3v) is 6.24. The van der Waals surface area contributed by atoms with Gasteiger partial charge in [-0.25, -0.2) is 4.79 Å². The van der Waals surface area contributed by atoms with Crippen LogP contribution in [0.5, 0.6) is 0 Å². The van der Waals surface area contributed by atoms with Gasteiger partial charge in [0.1, 0.15) is 0 Å². The molecule has 0 radical (unpaired) electrons. The van der Waals surface area contributed by atoms with Crippen LogP contribution in [0.25, 0.3) is 0 Å². The van der Waals surface area contributed by atoms with Gasteiger partial charge in [-0.05, 0) is 60.4 Å². The first-order chi connectivity index (χ1) is 13.5. The molecule has 0 atom stereocenters. The number of carbonyl (C=O) groups is 2. The Kier molecular flexibility index (Phi) is 4.84. The van der Waals surface area contributed by atoms with E-state index in [9.17, 15) is 9.59 Å². The van der Waals surface area contributed by atoms with Crippen molar-refractivity contribution in [3.05, 3.63) is 65.2 Å². The maximum absolute atomic E-state index is 12.8. The fraction of sp³-hybridized carbons (Fsp3) is 0.391. The van der Waals surface area contributed by atoms with Gasteiger partial charge in [0.05, 0.1) is 0 Å². The number of nitrogens with one attached hydrogen (secondary N) is 1. The standard InChI is InChI=1S/C23H27N3O2/c1-25(2)21(27)18-7-5-8-19(16-18)24-22(28)26-14-12-23(13-15-26)11-10-17-6-3-4-9-20(17)23/h3-9,16H,10-15H2,1-2H3,(H,24,28). The molecule has 4 rings (SSSR count). The highest BCUT2D eigenvalue weighted by Crippen LogP contribution is 2.46. The number of urea groups is 1. The molecule has 146 valence electrons. The number of carbonyl (C=O) groups excluding carboxylic acids is 2. The lowest BCUT2D eigenvalue weighted by Gasteiger charge is -2.40. The van der Waals surface area contributed by atoms with Crippen molar-refractivity contribution in [2.45, 2.75) is 31.1 Å². The number of rotatable bonds is 2. The molecular formula is C23H27N3O2. The number of nitrogens with zero attached hydrogens (tertiary/aromatic N) is 2. The van der Waals surface area contributed by atoms with E-state index in [0.29, 0.717) is 11.3 Å². The molecule has 2 aliphatic rings. The van der Waals surface area contributed by atoms with E-state index < -0.39 is 0 Å². The second kappa shape index (κ2) is 7.30. The molecule has 1 fully saturated rings. The number of piperidine rings is 1. The van der Waals surface area contributed by atoms with E-state index in [0.717, 1.165) is 32.4 Å². The van der Waals surface area contributed by atoms with Crippen LogP contribution in [0.1, 0.15) is 40.7 Å². The average molecular weight is 377 g/mol. The second-order valence-electron chi connectivity index (χ2n) is 8.14. The highest BCUT2D eigenvalue weighted by atomic mass is 16.2. The molecule has 1 aliphatic carbocycles.